The van der Waals surface area contributed by atoms with Crippen molar-refractivity contribution in [1.29, 1.82) is 0 Å². The average molecular weight is 391 g/mol. The molecule has 0 bridgehead atoms. The number of aromatic nitrogens is 4. The molecule has 6 nitrogen and oxygen atoms in total. The van der Waals surface area contributed by atoms with Gasteiger partial charge in [0, 0.05) is 19.4 Å². The molecule has 4 aromatic rings. The number of nitrogens with zero attached hydrogens (tertiary/aromatic N) is 4. The van der Waals surface area contributed by atoms with Crippen molar-refractivity contribution in [3.05, 3.63) is 84.0 Å². The van der Waals surface area contributed by atoms with Crippen LogP contribution in [-0.4, -0.2) is 25.0 Å². The van der Waals surface area contributed by atoms with Crippen molar-refractivity contribution >= 4 is 16.9 Å². The van der Waals surface area contributed by atoms with Gasteiger partial charge in [0.15, 0.2) is 0 Å². The highest BCUT2D eigenvalue weighted by Gasteiger charge is 2.26. The highest BCUT2D eigenvalue weighted by molar-refractivity contribution is 5.84. The molecule has 0 saturated heterocycles. The first-order valence-electron chi connectivity index (χ1n) is 9.42. The third-order valence-electron chi connectivity index (χ3n) is 5.15. The number of rotatable bonds is 5. The number of benzene rings is 2. The summed E-state index contributed by atoms with van der Waals surface area (Å²) in [6, 6.07) is 12.9. The Morgan fingerprint density at radius 2 is 1.86 bits per heavy atom. The lowest BCUT2D eigenvalue weighted by atomic mass is 10.1. The summed E-state index contributed by atoms with van der Waals surface area (Å²) >= 11 is 0. The average Bonchev–Trinajstić information content (AvgIpc) is 3.28. The van der Waals surface area contributed by atoms with Gasteiger partial charge in [-0.15, -0.1) is 0 Å². The number of carbonyl (C=O) groups excluding carboxylic acids is 1. The molecule has 0 aliphatic rings. The van der Waals surface area contributed by atoms with E-state index < -0.39 is 12.1 Å². The van der Waals surface area contributed by atoms with E-state index in [1.54, 1.807) is 18.3 Å². The number of carbonyl (C=O) groups is 1. The smallest absolute Gasteiger partial charge is 0.243 e. The number of amides is 1. The number of hydrogen-bond acceptors (Lipinski definition) is 3. The van der Waals surface area contributed by atoms with Crippen LogP contribution in [0, 0.1) is 12.7 Å². The summed E-state index contributed by atoms with van der Waals surface area (Å²) in [5, 5.41) is 3.08. The first kappa shape index (κ1) is 18.9. The first-order chi connectivity index (χ1) is 14.0. The van der Waals surface area contributed by atoms with Gasteiger partial charge in [0.25, 0.3) is 0 Å². The van der Waals surface area contributed by atoms with Crippen molar-refractivity contribution in [2.75, 3.05) is 0 Å². The highest BCUT2D eigenvalue weighted by atomic mass is 19.1. The lowest BCUT2D eigenvalue weighted by Gasteiger charge is -2.23. The summed E-state index contributed by atoms with van der Waals surface area (Å²) in [7, 11) is 1.86. The van der Waals surface area contributed by atoms with E-state index in [2.05, 4.69) is 15.3 Å². The third kappa shape index (κ3) is 3.51. The maximum atomic E-state index is 13.4. The molecule has 0 radical (unpaired) electrons. The second-order valence-corrected chi connectivity index (χ2v) is 7.08. The standard InChI is InChI=1S/C22H22FN5O/c1-14(28-15(2)25-18-6-4-5-7-19(18)28)22(29)26-20(21-24-12-13-27(21)3)16-8-10-17(23)11-9-16/h4-14,20H,1-3H3,(H,26,29)/t14-,20-/m0/s1. The molecule has 2 heterocycles. The van der Waals surface area contributed by atoms with Crippen LogP contribution in [0.5, 0.6) is 0 Å². The Kier molecular flexibility index (Phi) is 4.88. The molecule has 2 aromatic heterocycles. The number of halogens is 1. The molecular formula is C22H22FN5O. The van der Waals surface area contributed by atoms with Crippen LogP contribution < -0.4 is 5.32 Å². The van der Waals surface area contributed by atoms with Gasteiger partial charge in [-0.1, -0.05) is 24.3 Å². The van der Waals surface area contributed by atoms with Crippen molar-refractivity contribution in [1.82, 2.24) is 24.4 Å². The van der Waals surface area contributed by atoms with Crippen molar-refractivity contribution < 1.29 is 9.18 Å². The molecule has 148 valence electrons. The lowest BCUT2D eigenvalue weighted by Crippen LogP contribution is -2.36. The molecule has 2 atom stereocenters. The molecule has 2 aromatic carbocycles. The van der Waals surface area contributed by atoms with Crippen molar-refractivity contribution in [2.45, 2.75) is 25.9 Å². The van der Waals surface area contributed by atoms with Gasteiger partial charge in [-0.3, -0.25) is 4.79 Å². The van der Waals surface area contributed by atoms with Gasteiger partial charge in [0.1, 0.15) is 29.5 Å². The van der Waals surface area contributed by atoms with E-state index in [4.69, 9.17) is 0 Å². The van der Waals surface area contributed by atoms with Gasteiger partial charge in [-0.05, 0) is 43.7 Å². The monoisotopic (exact) mass is 391 g/mol. The summed E-state index contributed by atoms with van der Waals surface area (Å²) in [5.41, 5.74) is 2.51. The number of aryl methyl sites for hydroxylation is 2. The molecule has 0 aliphatic carbocycles. The molecular weight excluding hydrogens is 369 g/mol. The molecule has 7 heteroatoms. The summed E-state index contributed by atoms with van der Waals surface area (Å²) in [4.78, 5) is 22.2. The molecule has 0 fully saturated rings. The number of hydrogen-bond donors (Lipinski definition) is 1. The molecule has 0 aliphatic heterocycles. The maximum absolute atomic E-state index is 13.4. The van der Waals surface area contributed by atoms with Gasteiger partial charge < -0.3 is 14.5 Å². The predicted octanol–water partition coefficient (Wildman–Crippen LogP) is 3.68. The van der Waals surface area contributed by atoms with Gasteiger partial charge in [-0.2, -0.15) is 0 Å². The van der Waals surface area contributed by atoms with Crippen molar-refractivity contribution in [3.63, 3.8) is 0 Å². The zero-order valence-electron chi connectivity index (χ0n) is 16.5. The van der Waals surface area contributed by atoms with Gasteiger partial charge in [-0.25, -0.2) is 14.4 Å². The minimum Gasteiger partial charge on any atom is -0.340 e. The number of fused-ring (bicyclic) bond motifs is 1. The van der Waals surface area contributed by atoms with Crippen molar-refractivity contribution in [2.24, 2.45) is 7.05 Å². The van der Waals surface area contributed by atoms with Crippen molar-refractivity contribution in [3.8, 4) is 0 Å². The summed E-state index contributed by atoms with van der Waals surface area (Å²) < 4.78 is 17.2. The van der Waals surface area contributed by atoms with E-state index in [-0.39, 0.29) is 11.7 Å². The minimum absolute atomic E-state index is 0.173. The SMILES string of the molecule is Cc1nc2ccccc2n1[C@@H](C)C(=O)N[C@@H](c1ccc(F)cc1)c1nccn1C. The fourth-order valence-corrected chi connectivity index (χ4v) is 3.64. The van der Waals surface area contributed by atoms with Gasteiger partial charge >= 0.3 is 0 Å². The van der Waals surface area contributed by atoms with Gasteiger partial charge in [0.05, 0.1) is 11.0 Å². The highest BCUT2D eigenvalue weighted by Crippen LogP contribution is 2.24. The van der Waals surface area contributed by atoms with Crippen LogP contribution in [0.15, 0.2) is 60.9 Å². The fourth-order valence-electron chi connectivity index (χ4n) is 3.64. The normalized spacial score (nSPS) is 13.4. The quantitative estimate of drug-likeness (QED) is 0.564. The Hall–Kier alpha value is -3.48. The van der Waals surface area contributed by atoms with E-state index in [1.165, 1.54) is 12.1 Å². The van der Waals surface area contributed by atoms with Crippen LogP contribution >= 0.6 is 0 Å². The molecule has 0 spiro atoms. The molecule has 0 saturated carbocycles. The fraction of sp³-hybridized carbons (Fsp3) is 0.227. The Labute approximate surface area is 168 Å². The molecule has 1 N–H and O–H groups in total. The van der Waals surface area contributed by atoms with E-state index >= 15 is 0 Å². The molecule has 4 rings (SSSR count). The lowest BCUT2D eigenvalue weighted by molar-refractivity contribution is -0.124. The molecule has 0 unspecified atom stereocenters. The van der Waals surface area contributed by atoms with Crippen LogP contribution in [0.25, 0.3) is 11.0 Å². The van der Waals surface area contributed by atoms with E-state index in [1.807, 2.05) is 60.5 Å². The largest absolute Gasteiger partial charge is 0.340 e. The Balaban J connectivity index is 1.68. The Morgan fingerprint density at radius 1 is 1.14 bits per heavy atom. The number of imidazole rings is 2. The van der Waals surface area contributed by atoms with Crippen LogP contribution in [-0.2, 0) is 11.8 Å². The minimum atomic E-state index is -0.499. The van der Waals surface area contributed by atoms with Crippen LogP contribution in [0.2, 0.25) is 0 Å². The molecule has 1 amide bonds. The zero-order chi connectivity index (χ0) is 20.5. The number of nitrogens with one attached hydrogen (secondary N) is 1. The second-order valence-electron chi connectivity index (χ2n) is 7.08. The number of para-hydroxylation sites is 2. The van der Waals surface area contributed by atoms with E-state index in [9.17, 15) is 9.18 Å². The Bertz CT molecular complexity index is 1160. The van der Waals surface area contributed by atoms with Crippen LogP contribution in [0.3, 0.4) is 0 Å². The van der Waals surface area contributed by atoms with E-state index in [0.29, 0.717) is 5.82 Å². The summed E-state index contributed by atoms with van der Waals surface area (Å²) in [6.45, 7) is 3.73. The van der Waals surface area contributed by atoms with Crippen LogP contribution in [0.4, 0.5) is 4.39 Å². The van der Waals surface area contributed by atoms with E-state index in [0.717, 1.165) is 22.4 Å². The third-order valence-corrected chi connectivity index (χ3v) is 5.15. The summed E-state index contributed by atoms with van der Waals surface area (Å²) in [5.74, 6) is 0.940. The first-order valence-corrected chi connectivity index (χ1v) is 9.42. The Morgan fingerprint density at radius 3 is 2.55 bits per heavy atom. The van der Waals surface area contributed by atoms with Gasteiger partial charge in [0.2, 0.25) is 5.91 Å². The van der Waals surface area contributed by atoms with Crippen LogP contribution in [0.1, 0.15) is 36.2 Å². The summed E-state index contributed by atoms with van der Waals surface area (Å²) in [6.07, 6.45) is 3.49. The topological polar surface area (TPSA) is 64.7 Å². The molecule has 29 heavy (non-hydrogen) atoms. The predicted molar refractivity (Wildman–Crippen MR) is 109 cm³/mol. The maximum Gasteiger partial charge on any atom is 0.243 e. The second kappa shape index (κ2) is 7.50. The zero-order valence-corrected chi connectivity index (χ0v) is 16.5.